The summed E-state index contributed by atoms with van der Waals surface area (Å²) in [6.45, 7) is 5.33. The van der Waals surface area contributed by atoms with E-state index in [2.05, 4.69) is 14.2 Å². The SMILES string of the molecule is C.CCOC(=O)C(=O)C1CC/C(=C\c2ccc(F)cc2)C1=O.CCOC(=O)C(=O)OCC.O=C1CCC/C1=C\c1ccc(F)cc1. The predicted octanol–water partition coefficient (Wildman–Crippen LogP) is 6.03. The average Bonchev–Trinajstić information content (AvgIpc) is 3.60. The normalized spacial score (nSPS) is 16.8. The molecule has 0 heterocycles. The zero-order valence-electron chi connectivity index (χ0n) is 25.4. The predicted molar refractivity (Wildman–Crippen MR) is 167 cm³/mol. The van der Waals surface area contributed by atoms with Crippen LogP contribution < -0.4 is 0 Å². The zero-order chi connectivity index (χ0) is 33.4. The standard InChI is InChI=1S/C16H15FO4.C12H11FO.C6H10O4.CH4/c1-2-21-16(20)15(19)13-8-5-11(14(13)18)9-10-3-6-12(17)7-4-10;13-11-6-4-9(5-7-11)8-10-2-1-3-12(10)14;1-3-9-5(7)6(8)10-4-2;/h3-4,6-7,9,13H,2,5,8H2,1H3;4-8H,1-3H2;3-4H2,1-2H3;1H4/b11-9+;10-8+;;. The summed E-state index contributed by atoms with van der Waals surface area (Å²) in [5, 5.41) is 0. The van der Waals surface area contributed by atoms with Gasteiger partial charge in [0.05, 0.1) is 25.7 Å². The van der Waals surface area contributed by atoms with E-state index < -0.39 is 29.6 Å². The van der Waals surface area contributed by atoms with Gasteiger partial charge in [-0.25, -0.2) is 23.2 Å². The highest BCUT2D eigenvalue weighted by Crippen LogP contribution is 2.29. The van der Waals surface area contributed by atoms with Crippen molar-refractivity contribution in [2.75, 3.05) is 19.8 Å². The molecule has 2 fully saturated rings. The van der Waals surface area contributed by atoms with E-state index in [1.165, 1.54) is 24.3 Å². The molecule has 9 nitrogen and oxygen atoms in total. The number of carbonyl (C=O) groups is 6. The van der Waals surface area contributed by atoms with E-state index in [0.717, 1.165) is 24.0 Å². The van der Waals surface area contributed by atoms with Crippen LogP contribution in [0.5, 0.6) is 0 Å². The molecule has 0 radical (unpaired) electrons. The van der Waals surface area contributed by atoms with E-state index in [1.54, 1.807) is 51.1 Å². The molecule has 2 aromatic rings. The van der Waals surface area contributed by atoms with Gasteiger partial charge >= 0.3 is 17.9 Å². The van der Waals surface area contributed by atoms with E-state index in [9.17, 15) is 37.5 Å². The number of Topliss-reactive ketones (excluding diaryl/α,β-unsaturated/α-hetero) is 3. The molecule has 2 aliphatic carbocycles. The van der Waals surface area contributed by atoms with Crippen LogP contribution in [0, 0.1) is 17.6 Å². The fourth-order valence-electron chi connectivity index (χ4n) is 4.31. The van der Waals surface area contributed by atoms with Crippen LogP contribution in [0.3, 0.4) is 0 Å². The summed E-state index contributed by atoms with van der Waals surface area (Å²) in [4.78, 5) is 67.5. The molecule has 46 heavy (non-hydrogen) atoms. The second-order valence-electron chi connectivity index (χ2n) is 9.70. The summed E-state index contributed by atoms with van der Waals surface area (Å²) in [6.07, 6.45) is 6.68. The summed E-state index contributed by atoms with van der Waals surface area (Å²) >= 11 is 0. The monoisotopic (exact) mass is 642 g/mol. The first kappa shape index (κ1) is 39.2. The fourth-order valence-corrected chi connectivity index (χ4v) is 4.31. The molecule has 0 spiro atoms. The van der Waals surface area contributed by atoms with Crippen molar-refractivity contribution in [3.8, 4) is 0 Å². The number of halogens is 2. The number of esters is 3. The van der Waals surface area contributed by atoms with Gasteiger partial charge in [-0.2, -0.15) is 0 Å². The Kier molecular flexibility index (Phi) is 17.3. The van der Waals surface area contributed by atoms with Crippen LogP contribution >= 0.6 is 0 Å². The molecule has 2 aliphatic rings. The number of ketones is 3. The van der Waals surface area contributed by atoms with Crippen LogP contribution in [0.4, 0.5) is 8.78 Å². The highest BCUT2D eigenvalue weighted by atomic mass is 19.1. The Balaban J connectivity index is 0.000000368. The van der Waals surface area contributed by atoms with Crippen molar-refractivity contribution in [3.63, 3.8) is 0 Å². The largest absolute Gasteiger partial charge is 0.460 e. The van der Waals surface area contributed by atoms with Crippen molar-refractivity contribution in [1.29, 1.82) is 0 Å². The van der Waals surface area contributed by atoms with Crippen molar-refractivity contribution < 1.29 is 51.8 Å². The first-order valence-electron chi connectivity index (χ1n) is 14.5. The number of hydrogen-bond acceptors (Lipinski definition) is 9. The lowest BCUT2D eigenvalue weighted by molar-refractivity contribution is -0.167. The molecular formula is C35H40F2O9. The summed E-state index contributed by atoms with van der Waals surface area (Å²) in [7, 11) is 0. The van der Waals surface area contributed by atoms with E-state index in [-0.39, 0.29) is 50.4 Å². The molecule has 4 rings (SSSR count). The van der Waals surface area contributed by atoms with Crippen LogP contribution in [-0.2, 0) is 43.0 Å². The second kappa shape index (κ2) is 20.3. The first-order valence-corrected chi connectivity index (χ1v) is 14.5. The number of allylic oxidation sites excluding steroid dienone is 2. The molecule has 0 aromatic heterocycles. The van der Waals surface area contributed by atoms with E-state index in [4.69, 9.17) is 0 Å². The Morgan fingerprint density at radius 1 is 0.674 bits per heavy atom. The van der Waals surface area contributed by atoms with Crippen molar-refractivity contribution in [3.05, 3.63) is 82.4 Å². The molecular weight excluding hydrogens is 602 g/mol. The van der Waals surface area contributed by atoms with E-state index in [1.807, 2.05) is 6.08 Å². The van der Waals surface area contributed by atoms with Crippen molar-refractivity contribution in [1.82, 2.24) is 0 Å². The first-order chi connectivity index (χ1) is 21.5. The second-order valence-corrected chi connectivity index (χ2v) is 9.70. The Hall–Kier alpha value is -4.80. The molecule has 0 aliphatic heterocycles. The van der Waals surface area contributed by atoms with Crippen LogP contribution in [-0.4, -0.2) is 55.1 Å². The van der Waals surface area contributed by atoms with Gasteiger partial charge < -0.3 is 14.2 Å². The van der Waals surface area contributed by atoms with Gasteiger partial charge in [0.1, 0.15) is 11.6 Å². The Bertz CT molecular complexity index is 1410. The van der Waals surface area contributed by atoms with Gasteiger partial charge in [-0.1, -0.05) is 31.7 Å². The number of carbonyl (C=O) groups excluding carboxylic acids is 6. The molecule has 2 saturated carbocycles. The molecule has 248 valence electrons. The minimum atomic E-state index is -0.959. The highest BCUT2D eigenvalue weighted by Gasteiger charge is 2.38. The minimum absolute atomic E-state index is 0. The lowest BCUT2D eigenvalue weighted by atomic mass is 10.0. The topological polar surface area (TPSA) is 130 Å². The third-order valence-corrected chi connectivity index (χ3v) is 6.48. The van der Waals surface area contributed by atoms with Gasteiger partial charge in [0.25, 0.3) is 5.78 Å². The van der Waals surface area contributed by atoms with Crippen LogP contribution in [0.1, 0.15) is 71.4 Å². The van der Waals surface area contributed by atoms with Gasteiger partial charge in [0.15, 0.2) is 11.6 Å². The maximum absolute atomic E-state index is 12.8. The summed E-state index contributed by atoms with van der Waals surface area (Å²) in [5.74, 6) is -5.27. The maximum Gasteiger partial charge on any atom is 0.417 e. The van der Waals surface area contributed by atoms with Gasteiger partial charge in [0, 0.05) is 6.42 Å². The molecule has 11 heteroatoms. The Labute approximate surface area is 267 Å². The minimum Gasteiger partial charge on any atom is -0.460 e. The molecule has 1 unspecified atom stereocenters. The Morgan fingerprint density at radius 3 is 1.52 bits per heavy atom. The van der Waals surface area contributed by atoms with Crippen LogP contribution in [0.25, 0.3) is 12.2 Å². The number of benzene rings is 2. The summed E-state index contributed by atoms with van der Waals surface area (Å²) < 4.78 is 38.7. The molecule has 2 aromatic carbocycles. The Morgan fingerprint density at radius 2 is 1.11 bits per heavy atom. The van der Waals surface area contributed by atoms with Gasteiger partial charge in [-0.3, -0.25) is 14.4 Å². The smallest absolute Gasteiger partial charge is 0.417 e. The third kappa shape index (κ3) is 12.7. The molecule has 1 atom stereocenters. The number of rotatable bonds is 7. The van der Waals surface area contributed by atoms with Gasteiger partial charge in [-0.05, 0) is 105 Å². The van der Waals surface area contributed by atoms with Crippen molar-refractivity contribution >= 4 is 47.4 Å². The fraction of sp³-hybridized carbons (Fsp3) is 0.371. The molecule has 0 amide bonds. The molecule has 0 saturated heterocycles. The maximum atomic E-state index is 12.8. The highest BCUT2D eigenvalue weighted by molar-refractivity contribution is 6.40. The molecule has 0 N–H and O–H groups in total. The lowest BCUT2D eigenvalue weighted by Gasteiger charge is -2.05. The quantitative estimate of drug-likeness (QED) is 0.117. The van der Waals surface area contributed by atoms with E-state index in [0.29, 0.717) is 30.4 Å². The van der Waals surface area contributed by atoms with E-state index >= 15 is 0 Å². The van der Waals surface area contributed by atoms with Crippen molar-refractivity contribution in [2.45, 2.75) is 60.3 Å². The van der Waals surface area contributed by atoms with Crippen LogP contribution in [0.15, 0.2) is 59.7 Å². The van der Waals surface area contributed by atoms with Gasteiger partial charge in [0.2, 0.25) is 0 Å². The number of hydrogen-bond donors (Lipinski definition) is 0. The lowest BCUT2D eigenvalue weighted by Crippen LogP contribution is -2.28. The number of ether oxygens (including phenoxy) is 3. The van der Waals surface area contributed by atoms with Crippen molar-refractivity contribution in [2.24, 2.45) is 5.92 Å². The summed E-state index contributed by atoms with van der Waals surface area (Å²) in [5.41, 5.74) is 2.93. The third-order valence-electron chi connectivity index (χ3n) is 6.48. The molecule has 0 bridgehead atoms. The van der Waals surface area contributed by atoms with Crippen LogP contribution in [0.2, 0.25) is 0 Å². The zero-order valence-corrected chi connectivity index (χ0v) is 25.4. The summed E-state index contributed by atoms with van der Waals surface area (Å²) in [6, 6.07) is 11.9. The van der Waals surface area contributed by atoms with Gasteiger partial charge in [-0.15, -0.1) is 0 Å². The average molecular weight is 643 g/mol.